The maximum atomic E-state index is 5.44. The highest BCUT2D eigenvalue weighted by molar-refractivity contribution is 5.90. The number of fused-ring (bicyclic) bond motifs is 2. The van der Waals surface area contributed by atoms with E-state index in [-0.39, 0.29) is 5.66 Å². The van der Waals surface area contributed by atoms with E-state index in [1.807, 2.05) is 0 Å². The summed E-state index contributed by atoms with van der Waals surface area (Å²) >= 11 is 0. The molecule has 3 aliphatic carbocycles. The SMILES string of the molecule is CC1CCC2(CC1)N=C1CC[C@@H](C)C[C@H]1C1(CCC(C)CC1)N2. The van der Waals surface area contributed by atoms with Crippen LogP contribution in [0.4, 0.5) is 0 Å². The van der Waals surface area contributed by atoms with Crippen LogP contribution in [0.15, 0.2) is 4.99 Å². The van der Waals surface area contributed by atoms with Gasteiger partial charge in [-0.1, -0.05) is 20.8 Å². The largest absolute Gasteiger partial charge is 0.287 e. The van der Waals surface area contributed by atoms with Gasteiger partial charge in [0, 0.05) is 17.2 Å². The van der Waals surface area contributed by atoms with Crippen molar-refractivity contribution in [2.45, 2.75) is 103 Å². The topological polar surface area (TPSA) is 24.4 Å². The standard InChI is InChI=1S/C21H36N2/c1-15-6-10-20(11-7-15)18-14-17(3)4-5-19(18)22-21(23-20)12-8-16(2)9-13-21/h15-18,23H,4-14H2,1-3H3/t15?,16?,17-,18-,20?,21?/m1/s1. The number of aliphatic imine (C=N–C) groups is 1. The Hall–Kier alpha value is -0.370. The van der Waals surface area contributed by atoms with Crippen molar-refractivity contribution in [3.8, 4) is 0 Å². The zero-order chi connectivity index (χ0) is 16.1. The minimum atomic E-state index is 0.111. The summed E-state index contributed by atoms with van der Waals surface area (Å²) in [6.45, 7) is 7.33. The first kappa shape index (κ1) is 16.1. The average molecular weight is 317 g/mol. The molecule has 2 atom stereocenters. The summed E-state index contributed by atoms with van der Waals surface area (Å²) in [5.41, 5.74) is 2.11. The molecule has 0 radical (unpaired) electrons. The highest BCUT2D eigenvalue weighted by Gasteiger charge is 2.53. The fourth-order valence-electron chi connectivity index (χ4n) is 5.98. The summed E-state index contributed by atoms with van der Waals surface area (Å²) < 4.78 is 0. The first-order valence-electron chi connectivity index (χ1n) is 10.4. The van der Waals surface area contributed by atoms with Gasteiger partial charge in [-0.25, -0.2) is 0 Å². The second-order valence-corrected chi connectivity index (χ2v) is 9.71. The number of hydrogen-bond donors (Lipinski definition) is 1. The van der Waals surface area contributed by atoms with Gasteiger partial charge in [0.05, 0.1) is 0 Å². The fraction of sp³-hybridized carbons (Fsp3) is 0.952. The Bertz CT molecular complexity index is 464. The van der Waals surface area contributed by atoms with E-state index in [4.69, 9.17) is 4.99 Å². The molecule has 1 heterocycles. The minimum Gasteiger partial charge on any atom is -0.287 e. The van der Waals surface area contributed by atoms with Crippen molar-refractivity contribution in [1.29, 1.82) is 0 Å². The Morgan fingerprint density at radius 1 is 0.826 bits per heavy atom. The summed E-state index contributed by atoms with van der Waals surface area (Å²) in [5.74, 6) is 3.45. The summed E-state index contributed by atoms with van der Waals surface area (Å²) in [5, 5.41) is 4.26. The molecule has 0 aromatic heterocycles. The second-order valence-electron chi connectivity index (χ2n) is 9.71. The third-order valence-corrected chi connectivity index (χ3v) is 7.71. The van der Waals surface area contributed by atoms with E-state index in [2.05, 4.69) is 26.1 Å². The Morgan fingerprint density at radius 2 is 1.43 bits per heavy atom. The lowest BCUT2D eigenvalue weighted by Crippen LogP contribution is -2.68. The Morgan fingerprint density at radius 3 is 2.09 bits per heavy atom. The lowest BCUT2D eigenvalue weighted by molar-refractivity contribution is 0.0508. The van der Waals surface area contributed by atoms with E-state index < -0.39 is 0 Å². The molecule has 2 nitrogen and oxygen atoms in total. The van der Waals surface area contributed by atoms with Crippen LogP contribution in [-0.4, -0.2) is 16.9 Å². The van der Waals surface area contributed by atoms with E-state index in [1.54, 1.807) is 5.71 Å². The molecule has 0 saturated heterocycles. The zero-order valence-electron chi connectivity index (χ0n) is 15.5. The molecule has 0 amide bonds. The lowest BCUT2D eigenvalue weighted by Gasteiger charge is -2.57. The molecule has 2 spiro atoms. The van der Waals surface area contributed by atoms with E-state index in [0.717, 1.165) is 23.7 Å². The molecule has 4 rings (SSSR count). The van der Waals surface area contributed by atoms with Gasteiger partial charge in [0.25, 0.3) is 0 Å². The Kier molecular flexibility index (Phi) is 4.11. The summed E-state index contributed by atoms with van der Waals surface area (Å²) in [4.78, 5) is 5.44. The molecule has 0 unspecified atom stereocenters. The molecule has 2 heteroatoms. The molecule has 1 aliphatic heterocycles. The third kappa shape index (κ3) is 2.90. The van der Waals surface area contributed by atoms with Crippen LogP contribution in [0.2, 0.25) is 0 Å². The molecule has 0 bridgehead atoms. The van der Waals surface area contributed by atoms with E-state index in [0.29, 0.717) is 5.54 Å². The first-order valence-corrected chi connectivity index (χ1v) is 10.4. The lowest BCUT2D eigenvalue weighted by atomic mass is 9.61. The Labute approximate surface area is 142 Å². The zero-order valence-corrected chi connectivity index (χ0v) is 15.5. The van der Waals surface area contributed by atoms with Crippen molar-refractivity contribution in [3.63, 3.8) is 0 Å². The molecule has 130 valence electrons. The van der Waals surface area contributed by atoms with Gasteiger partial charge in [0.2, 0.25) is 0 Å². The van der Waals surface area contributed by atoms with Crippen molar-refractivity contribution in [1.82, 2.24) is 5.32 Å². The molecule has 3 fully saturated rings. The van der Waals surface area contributed by atoms with Crippen LogP contribution in [0.1, 0.15) is 91.4 Å². The maximum Gasteiger partial charge on any atom is 0.111 e. The molecule has 1 N–H and O–H groups in total. The van der Waals surface area contributed by atoms with Crippen LogP contribution < -0.4 is 5.32 Å². The quantitative estimate of drug-likeness (QED) is 0.642. The molecular formula is C21H36N2. The van der Waals surface area contributed by atoms with Crippen LogP contribution in [0.25, 0.3) is 0 Å². The van der Waals surface area contributed by atoms with Crippen LogP contribution in [-0.2, 0) is 0 Å². The number of hydrogen-bond acceptors (Lipinski definition) is 2. The van der Waals surface area contributed by atoms with Gasteiger partial charge < -0.3 is 0 Å². The van der Waals surface area contributed by atoms with Gasteiger partial charge in [-0.15, -0.1) is 0 Å². The van der Waals surface area contributed by atoms with E-state index in [1.165, 1.54) is 70.6 Å². The van der Waals surface area contributed by atoms with Crippen LogP contribution in [0.3, 0.4) is 0 Å². The maximum absolute atomic E-state index is 5.44. The minimum absolute atomic E-state index is 0.111. The van der Waals surface area contributed by atoms with Crippen molar-refractivity contribution in [3.05, 3.63) is 0 Å². The molecule has 23 heavy (non-hydrogen) atoms. The smallest absolute Gasteiger partial charge is 0.111 e. The molecule has 3 saturated carbocycles. The summed E-state index contributed by atoms with van der Waals surface area (Å²) in [6, 6.07) is 0. The number of nitrogens with zero attached hydrogens (tertiary/aromatic N) is 1. The summed E-state index contributed by atoms with van der Waals surface area (Å²) in [6.07, 6.45) is 14.9. The van der Waals surface area contributed by atoms with Gasteiger partial charge in [-0.3, -0.25) is 10.3 Å². The predicted octanol–water partition coefficient (Wildman–Crippen LogP) is 5.32. The van der Waals surface area contributed by atoms with Gasteiger partial charge >= 0.3 is 0 Å². The third-order valence-electron chi connectivity index (χ3n) is 7.71. The normalized spacial score (nSPS) is 50.7. The van der Waals surface area contributed by atoms with Crippen molar-refractivity contribution < 1.29 is 0 Å². The second kappa shape index (κ2) is 5.86. The number of nitrogens with one attached hydrogen (secondary N) is 1. The predicted molar refractivity (Wildman–Crippen MR) is 97.8 cm³/mol. The Balaban J connectivity index is 1.66. The monoisotopic (exact) mass is 316 g/mol. The van der Waals surface area contributed by atoms with Crippen LogP contribution in [0, 0.1) is 23.7 Å². The van der Waals surface area contributed by atoms with Crippen LogP contribution in [0.5, 0.6) is 0 Å². The van der Waals surface area contributed by atoms with Gasteiger partial charge in [-0.05, 0) is 88.4 Å². The van der Waals surface area contributed by atoms with Gasteiger partial charge in [0.1, 0.15) is 5.66 Å². The average Bonchev–Trinajstić information content (AvgIpc) is 2.55. The van der Waals surface area contributed by atoms with Crippen molar-refractivity contribution >= 4 is 5.71 Å². The van der Waals surface area contributed by atoms with Gasteiger partial charge in [0.15, 0.2) is 0 Å². The van der Waals surface area contributed by atoms with Crippen molar-refractivity contribution in [2.75, 3.05) is 0 Å². The molecule has 0 aromatic rings. The van der Waals surface area contributed by atoms with Gasteiger partial charge in [-0.2, -0.15) is 0 Å². The highest BCUT2D eigenvalue weighted by Crippen LogP contribution is 2.49. The highest BCUT2D eigenvalue weighted by atomic mass is 15.2. The molecular weight excluding hydrogens is 280 g/mol. The van der Waals surface area contributed by atoms with Crippen LogP contribution >= 0.6 is 0 Å². The van der Waals surface area contributed by atoms with E-state index >= 15 is 0 Å². The summed E-state index contributed by atoms with van der Waals surface area (Å²) in [7, 11) is 0. The van der Waals surface area contributed by atoms with E-state index in [9.17, 15) is 0 Å². The van der Waals surface area contributed by atoms with Crippen molar-refractivity contribution in [2.24, 2.45) is 28.7 Å². The molecule has 4 aliphatic rings. The fourth-order valence-corrected chi connectivity index (χ4v) is 5.98. The molecule has 0 aromatic carbocycles. The number of rotatable bonds is 0. The first-order chi connectivity index (χ1) is 11.0.